The van der Waals surface area contributed by atoms with Crippen LogP contribution in [-0.4, -0.2) is 56.6 Å². The van der Waals surface area contributed by atoms with Gasteiger partial charge in [-0.1, -0.05) is 36.4 Å². The van der Waals surface area contributed by atoms with Crippen LogP contribution in [0.15, 0.2) is 42.5 Å². The minimum absolute atomic E-state index is 0.465. The molecule has 0 spiro atoms. The quantitative estimate of drug-likeness (QED) is 0.488. The number of rotatable bonds is 5. The first-order valence-corrected chi connectivity index (χ1v) is 10.0. The first kappa shape index (κ1) is 20.9. The number of aliphatic hydroxyl groups is 5. The van der Waals surface area contributed by atoms with Gasteiger partial charge in [-0.05, 0) is 47.6 Å². The van der Waals surface area contributed by atoms with E-state index in [2.05, 4.69) is 6.07 Å². The zero-order chi connectivity index (χ0) is 21.5. The highest BCUT2D eigenvalue weighted by molar-refractivity contribution is 5.44. The van der Waals surface area contributed by atoms with E-state index < -0.39 is 42.7 Å². The number of nitrogens with zero attached hydrogens (tertiary/aromatic N) is 1. The zero-order valence-corrected chi connectivity index (χ0v) is 16.3. The standard InChI is InChI=1S/C23H25NO6/c24-11-15-4-3-14(22-21(28)20(27)19(26)18(12-25)30-22)10-16(15)9-13-1-5-17(6-2-13)23(29)7-8-23/h1-6,10,18-22,25-29H,7-9,12H2/t18-,19-,20+,21-,22+/m1/s1. The van der Waals surface area contributed by atoms with Gasteiger partial charge in [0.2, 0.25) is 0 Å². The Morgan fingerprint density at radius 3 is 2.30 bits per heavy atom. The largest absolute Gasteiger partial charge is 0.394 e. The van der Waals surface area contributed by atoms with E-state index in [-0.39, 0.29) is 0 Å². The van der Waals surface area contributed by atoms with Crippen molar-refractivity contribution in [1.82, 2.24) is 0 Å². The van der Waals surface area contributed by atoms with Gasteiger partial charge in [-0.2, -0.15) is 5.26 Å². The molecule has 0 radical (unpaired) electrons. The fourth-order valence-corrected chi connectivity index (χ4v) is 3.98. The predicted molar refractivity (Wildman–Crippen MR) is 106 cm³/mol. The Hall–Kier alpha value is -2.31. The average molecular weight is 411 g/mol. The van der Waals surface area contributed by atoms with Crippen molar-refractivity contribution >= 4 is 0 Å². The van der Waals surface area contributed by atoms with E-state index in [0.29, 0.717) is 17.5 Å². The smallest absolute Gasteiger partial charge is 0.113 e. The van der Waals surface area contributed by atoms with Crippen molar-refractivity contribution in [2.75, 3.05) is 6.61 Å². The van der Waals surface area contributed by atoms with Crippen molar-refractivity contribution in [2.24, 2.45) is 0 Å². The van der Waals surface area contributed by atoms with Crippen LogP contribution in [0.5, 0.6) is 0 Å². The minimum Gasteiger partial charge on any atom is -0.394 e. The SMILES string of the molecule is N#Cc1ccc([C@@H]2O[C@H](CO)[C@@H](O)[C@H](O)[C@H]2O)cc1Cc1ccc(C2(O)CC2)cc1. The molecule has 0 aromatic heterocycles. The molecular weight excluding hydrogens is 386 g/mol. The van der Waals surface area contributed by atoms with Crippen LogP contribution in [0.1, 0.15) is 46.8 Å². The van der Waals surface area contributed by atoms with Crippen LogP contribution >= 0.6 is 0 Å². The Balaban J connectivity index is 1.60. The summed E-state index contributed by atoms with van der Waals surface area (Å²) >= 11 is 0. The van der Waals surface area contributed by atoms with Gasteiger partial charge in [0.05, 0.1) is 23.8 Å². The van der Waals surface area contributed by atoms with Gasteiger partial charge in [0, 0.05) is 0 Å². The maximum absolute atomic E-state index is 10.4. The van der Waals surface area contributed by atoms with E-state index >= 15 is 0 Å². The van der Waals surface area contributed by atoms with Crippen molar-refractivity contribution in [3.05, 3.63) is 70.3 Å². The Kier molecular flexibility index (Phi) is 5.64. The highest BCUT2D eigenvalue weighted by Crippen LogP contribution is 2.45. The van der Waals surface area contributed by atoms with Crippen LogP contribution in [0.25, 0.3) is 0 Å². The molecule has 2 aliphatic rings. The van der Waals surface area contributed by atoms with Gasteiger partial charge < -0.3 is 30.3 Å². The monoisotopic (exact) mass is 411 g/mol. The Morgan fingerprint density at radius 1 is 1.00 bits per heavy atom. The summed E-state index contributed by atoms with van der Waals surface area (Å²) in [6.07, 6.45) is -4.18. The number of hydrogen-bond donors (Lipinski definition) is 5. The second-order valence-corrected chi connectivity index (χ2v) is 8.18. The molecule has 0 bridgehead atoms. The summed E-state index contributed by atoms with van der Waals surface area (Å²) in [5, 5.41) is 59.6. The molecule has 2 aromatic rings. The molecule has 0 amide bonds. The lowest BCUT2D eigenvalue weighted by molar-refractivity contribution is -0.231. The molecule has 1 aliphatic carbocycles. The molecular formula is C23H25NO6. The third-order valence-corrected chi connectivity index (χ3v) is 6.08. The van der Waals surface area contributed by atoms with E-state index in [4.69, 9.17) is 4.74 Å². The maximum atomic E-state index is 10.4. The fraction of sp³-hybridized carbons (Fsp3) is 0.435. The fourth-order valence-electron chi connectivity index (χ4n) is 3.98. The predicted octanol–water partition coefficient (Wildman–Crippen LogP) is 0.645. The van der Waals surface area contributed by atoms with Crippen LogP contribution in [0, 0.1) is 11.3 Å². The lowest BCUT2D eigenvalue weighted by Gasteiger charge is -2.40. The van der Waals surface area contributed by atoms with E-state index in [9.17, 15) is 30.8 Å². The van der Waals surface area contributed by atoms with Gasteiger partial charge >= 0.3 is 0 Å². The summed E-state index contributed by atoms with van der Waals surface area (Å²) in [6.45, 7) is -0.497. The molecule has 4 rings (SSSR count). The van der Waals surface area contributed by atoms with Crippen molar-refractivity contribution in [3.8, 4) is 6.07 Å². The minimum atomic E-state index is -1.46. The van der Waals surface area contributed by atoms with Crippen molar-refractivity contribution in [1.29, 1.82) is 5.26 Å². The van der Waals surface area contributed by atoms with Gasteiger partial charge in [0.25, 0.3) is 0 Å². The van der Waals surface area contributed by atoms with E-state index in [1.54, 1.807) is 18.2 Å². The molecule has 1 aliphatic heterocycles. The third kappa shape index (κ3) is 3.86. The highest BCUT2D eigenvalue weighted by atomic mass is 16.5. The number of ether oxygens (including phenoxy) is 1. The summed E-state index contributed by atoms with van der Waals surface area (Å²) in [5.41, 5.74) is 2.91. The van der Waals surface area contributed by atoms with E-state index in [0.717, 1.165) is 29.5 Å². The molecule has 158 valence electrons. The summed E-state index contributed by atoms with van der Waals surface area (Å²) in [7, 11) is 0. The molecule has 2 fully saturated rings. The van der Waals surface area contributed by atoms with Crippen molar-refractivity contribution < 1.29 is 30.3 Å². The molecule has 7 nitrogen and oxygen atoms in total. The average Bonchev–Trinajstić information content (AvgIpc) is 3.51. The molecule has 1 heterocycles. The van der Waals surface area contributed by atoms with Gasteiger partial charge in [-0.3, -0.25) is 0 Å². The third-order valence-electron chi connectivity index (χ3n) is 6.08. The van der Waals surface area contributed by atoms with Crippen LogP contribution in [-0.2, 0) is 16.8 Å². The van der Waals surface area contributed by atoms with Crippen LogP contribution in [0.4, 0.5) is 0 Å². The summed E-state index contributed by atoms with van der Waals surface area (Å²) in [4.78, 5) is 0. The Bertz CT molecular complexity index is 947. The van der Waals surface area contributed by atoms with Gasteiger partial charge in [-0.15, -0.1) is 0 Å². The van der Waals surface area contributed by atoms with Gasteiger partial charge in [0.1, 0.15) is 30.5 Å². The van der Waals surface area contributed by atoms with Gasteiger partial charge in [0.15, 0.2) is 0 Å². The van der Waals surface area contributed by atoms with E-state index in [1.807, 2.05) is 24.3 Å². The number of nitriles is 1. The molecule has 0 unspecified atom stereocenters. The molecule has 5 N–H and O–H groups in total. The first-order chi connectivity index (χ1) is 14.4. The lowest BCUT2D eigenvalue weighted by Crippen LogP contribution is -2.55. The number of aliphatic hydroxyl groups excluding tert-OH is 4. The normalized spacial score (nSPS) is 29.9. The van der Waals surface area contributed by atoms with Gasteiger partial charge in [-0.25, -0.2) is 0 Å². The number of benzene rings is 2. The summed E-state index contributed by atoms with van der Waals surface area (Å²) < 4.78 is 5.63. The van der Waals surface area contributed by atoms with Crippen LogP contribution in [0.2, 0.25) is 0 Å². The topological polar surface area (TPSA) is 134 Å². The highest BCUT2D eigenvalue weighted by Gasteiger charge is 2.44. The van der Waals surface area contributed by atoms with Crippen LogP contribution in [0.3, 0.4) is 0 Å². The second kappa shape index (κ2) is 8.08. The zero-order valence-electron chi connectivity index (χ0n) is 16.3. The molecule has 1 saturated carbocycles. The van der Waals surface area contributed by atoms with Crippen molar-refractivity contribution in [3.63, 3.8) is 0 Å². The molecule has 2 aromatic carbocycles. The van der Waals surface area contributed by atoms with Crippen molar-refractivity contribution in [2.45, 2.75) is 55.4 Å². The molecule has 1 saturated heterocycles. The van der Waals surface area contributed by atoms with Crippen LogP contribution < -0.4 is 0 Å². The first-order valence-electron chi connectivity index (χ1n) is 10.0. The maximum Gasteiger partial charge on any atom is 0.113 e. The summed E-state index contributed by atoms with van der Waals surface area (Å²) in [5.74, 6) is 0. The molecule has 30 heavy (non-hydrogen) atoms. The molecule has 7 heteroatoms. The summed E-state index contributed by atoms with van der Waals surface area (Å²) in [6, 6.07) is 14.8. The number of hydrogen-bond acceptors (Lipinski definition) is 7. The molecule has 5 atom stereocenters. The second-order valence-electron chi connectivity index (χ2n) is 8.18. The van der Waals surface area contributed by atoms with E-state index in [1.165, 1.54) is 0 Å². The Morgan fingerprint density at radius 2 is 1.70 bits per heavy atom. The lowest BCUT2D eigenvalue weighted by atomic mass is 9.89. The Labute approximate surface area is 174 Å².